The van der Waals surface area contributed by atoms with E-state index < -0.39 is 29.5 Å². The third-order valence-electron chi connectivity index (χ3n) is 5.28. The van der Waals surface area contributed by atoms with E-state index in [9.17, 15) is 22.8 Å². The molecule has 1 aromatic carbocycles. The normalized spacial score (nSPS) is 34.6. The Bertz CT molecular complexity index is 685. The monoisotopic (exact) mass is 325 g/mol. The van der Waals surface area contributed by atoms with Gasteiger partial charge in [-0.25, -0.2) is 0 Å². The molecule has 4 nitrogen and oxygen atoms in total. The highest BCUT2D eigenvalue weighted by atomic mass is 19.4. The first-order valence-corrected chi connectivity index (χ1v) is 7.54. The van der Waals surface area contributed by atoms with Crippen molar-refractivity contribution in [2.45, 2.75) is 25.1 Å². The van der Waals surface area contributed by atoms with Crippen LogP contribution in [0.25, 0.3) is 0 Å². The van der Waals surface area contributed by atoms with E-state index in [2.05, 4.69) is 5.32 Å². The summed E-state index contributed by atoms with van der Waals surface area (Å²) in [4.78, 5) is 24.4. The lowest BCUT2D eigenvalue weighted by atomic mass is 9.79. The predicted molar refractivity (Wildman–Crippen MR) is 73.1 cm³/mol. The molecule has 1 amide bonds. The Morgan fingerprint density at radius 2 is 1.96 bits per heavy atom. The van der Waals surface area contributed by atoms with Gasteiger partial charge in [-0.2, -0.15) is 13.2 Å². The molecule has 3 aliphatic rings. The summed E-state index contributed by atoms with van der Waals surface area (Å²) in [6.45, 7) is 0. The Morgan fingerprint density at radius 1 is 1.22 bits per heavy atom. The average Bonchev–Trinajstić information content (AvgIpc) is 3.08. The molecule has 2 aliphatic carbocycles. The second kappa shape index (κ2) is 4.72. The Kier molecular flexibility index (Phi) is 2.98. The maximum Gasteiger partial charge on any atom is 0.418 e. The van der Waals surface area contributed by atoms with Crippen molar-refractivity contribution in [3.63, 3.8) is 0 Å². The lowest BCUT2D eigenvalue weighted by Crippen LogP contribution is -2.36. The van der Waals surface area contributed by atoms with Gasteiger partial charge in [-0.3, -0.25) is 9.59 Å². The summed E-state index contributed by atoms with van der Waals surface area (Å²) in [5.74, 6) is -1.94. The van der Waals surface area contributed by atoms with Gasteiger partial charge >= 0.3 is 12.1 Å². The van der Waals surface area contributed by atoms with Crippen LogP contribution in [0.2, 0.25) is 0 Å². The first-order valence-electron chi connectivity index (χ1n) is 7.54. The quantitative estimate of drug-likeness (QED) is 0.851. The van der Waals surface area contributed by atoms with Crippen LogP contribution in [0, 0.1) is 23.7 Å². The van der Waals surface area contributed by atoms with Crippen molar-refractivity contribution in [2.75, 3.05) is 5.32 Å². The number of alkyl halides is 3. The molecule has 1 heterocycles. The SMILES string of the molecule is O=C(Nc1ccccc1C(F)(F)F)[C@@H]1[C@@H]2C[C@@H]3[C@H]1C(=O)O[C@@H]3C2. The highest BCUT2D eigenvalue weighted by molar-refractivity contribution is 5.97. The van der Waals surface area contributed by atoms with Gasteiger partial charge in [0.05, 0.1) is 23.1 Å². The predicted octanol–water partition coefficient (Wildman–Crippen LogP) is 2.84. The van der Waals surface area contributed by atoms with Gasteiger partial charge in [0, 0.05) is 5.92 Å². The van der Waals surface area contributed by atoms with Gasteiger partial charge in [0.25, 0.3) is 0 Å². The van der Waals surface area contributed by atoms with E-state index in [1.165, 1.54) is 18.2 Å². The van der Waals surface area contributed by atoms with E-state index in [1.54, 1.807) is 0 Å². The van der Waals surface area contributed by atoms with Gasteiger partial charge in [-0.15, -0.1) is 0 Å². The largest absolute Gasteiger partial charge is 0.462 e. The maximum absolute atomic E-state index is 13.0. The molecule has 5 atom stereocenters. The second-order valence-electron chi connectivity index (χ2n) is 6.45. The Labute approximate surface area is 130 Å². The topological polar surface area (TPSA) is 55.4 Å². The summed E-state index contributed by atoms with van der Waals surface area (Å²) in [5, 5.41) is 2.38. The number of rotatable bonds is 2. The van der Waals surface area contributed by atoms with Gasteiger partial charge in [-0.1, -0.05) is 12.1 Å². The molecular formula is C16H14F3NO3. The van der Waals surface area contributed by atoms with Gasteiger partial charge in [0.2, 0.25) is 5.91 Å². The van der Waals surface area contributed by atoms with Crippen LogP contribution in [0.3, 0.4) is 0 Å². The van der Waals surface area contributed by atoms with Gasteiger partial charge in [0.1, 0.15) is 6.10 Å². The van der Waals surface area contributed by atoms with Crippen LogP contribution in [0.4, 0.5) is 18.9 Å². The van der Waals surface area contributed by atoms with Gasteiger partial charge in [-0.05, 0) is 30.9 Å². The molecule has 23 heavy (non-hydrogen) atoms. The molecular weight excluding hydrogens is 311 g/mol. The van der Waals surface area contributed by atoms with Gasteiger partial charge in [0.15, 0.2) is 0 Å². The molecule has 0 unspecified atom stereocenters. The first-order chi connectivity index (χ1) is 10.9. The summed E-state index contributed by atoms with van der Waals surface area (Å²) in [7, 11) is 0. The third-order valence-corrected chi connectivity index (χ3v) is 5.28. The molecule has 1 aromatic rings. The minimum atomic E-state index is -4.55. The molecule has 0 aromatic heterocycles. The fourth-order valence-electron chi connectivity index (χ4n) is 4.42. The van der Waals surface area contributed by atoms with Crippen LogP contribution in [-0.4, -0.2) is 18.0 Å². The Hall–Kier alpha value is -2.05. The van der Waals surface area contributed by atoms with Crippen molar-refractivity contribution in [2.24, 2.45) is 23.7 Å². The molecule has 1 aliphatic heterocycles. The highest BCUT2D eigenvalue weighted by Crippen LogP contribution is 2.57. The third kappa shape index (κ3) is 2.13. The van der Waals surface area contributed by atoms with Crippen molar-refractivity contribution in [3.05, 3.63) is 29.8 Å². The van der Waals surface area contributed by atoms with Crippen LogP contribution >= 0.6 is 0 Å². The van der Waals surface area contributed by atoms with E-state index in [0.717, 1.165) is 12.5 Å². The number of halogens is 3. The van der Waals surface area contributed by atoms with Crippen LogP contribution in [0.1, 0.15) is 18.4 Å². The number of carbonyl (C=O) groups is 2. The summed E-state index contributed by atoms with van der Waals surface area (Å²) in [6.07, 6.45) is -3.29. The maximum atomic E-state index is 13.0. The second-order valence-corrected chi connectivity index (χ2v) is 6.45. The highest BCUT2D eigenvalue weighted by Gasteiger charge is 2.63. The Balaban J connectivity index is 1.59. The molecule has 7 heteroatoms. The number of anilines is 1. The standard InChI is InChI=1S/C16H14F3NO3/c17-16(18,19)9-3-1-2-4-10(9)20-14(21)12-7-5-8-11(6-7)23-15(22)13(8)12/h1-4,7-8,11-13H,5-6H2,(H,20,21)/t7-,8+,11-,12-,13-/m1/s1. The minimum Gasteiger partial charge on any atom is -0.462 e. The fourth-order valence-corrected chi connectivity index (χ4v) is 4.42. The number of para-hydroxylation sites is 1. The van der Waals surface area contributed by atoms with E-state index in [0.29, 0.717) is 6.42 Å². The lowest BCUT2D eigenvalue weighted by Gasteiger charge is -2.24. The number of nitrogens with one attached hydrogen (secondary N) is 1. The smallest absolute Gasteiger partial charge is 0.418 e. The van der Waals surface area contributed by atoms with E-state index in [-0.39, 0.29) is 29.6 Å². The zero-order valence-corrected chi connectivity index (χ0v) is 12.0. The summed E-state index contributed by atoms with van der Waals surface area (Å²) < 4.78 is 44.3. The number of benzene rings is 1. The van der Waals surface area contributed by atoms with Crippen molar-refractivity contribution in [1.29, 1.82) is 0 Å². The zero-order chi connectivity index (χ0) is 16.4. The van der Waals surface area contributed by atoms with E-state index in [1.807, 2.05) is 0 Å². The number of hydrogen-bond donors (Lipinski definition) is 1. The van der Waals surface area contributed by atoms with Crippen LogP contribution in [0.15, 0.2) is 24.3 Å². The van der Waals surface area contributed by atoms with Crippen molar-refractivity contribution < 1.29 is 27.5 Å². The van der Waals surface area contributed by atoms with Crippen molar-refractivity contribution in [3.8, 4) is 0 Å². The number of esters is 1. The molecule has 3 fully saturated rings. The molecule has 2 saturated carbocycles. The molecule has 1 saturated heterocycles. The van der Waals surface area contributed by atoms with E-state index in [4.69, 9.17) is 4.74 Å². The molecule has 0 radical (unpaired) electrons. The fraction of sp³-hybridized carbons (Fsp3) is 0.500. The first kappa shape index (κ1) is 14.5. The number of fused-ring (bicyclic) bond motifs is 1. The Morgan fingerprint density at radius 3 is 2.70 bits per heavy atom. The minimum absolute atomic E-state index is 0.0134. The van der Waals surface area contributed by atoms with Crippen LogP contribution < -0.4 is 5.32 Å². The number of hydrogen-bond acceptors (Lipinski definition) is 3. The number of carbonyl (C=O) groups excluding carboxylic acids is 2. The molecule has 2 bridgehead atoms. The summed E-state index contributed by atoms with van der Waals surface area (Å²) in [6, 6.07) is 4.86. The number of amides is 1. The van der Waals surface area contributed by atoms with Gasteiger partial charge < -0.3 is 10.1 Å². The van der Waals surface area contributed by atoms with Crippen molar-refractivity contribution in [1.82, 2.24) is 0 Å². The molecule has 0 spiro atoms. The van der Waals surface area contributed by atoms with Crippen LogP contribution in [0.5, 0.6) is 0 Å². The number of ether oxygens (including phenoxy) is 1. The molecule has 1 N–H and O–H groups in total. The van der Waals surface area contributed by atoms with Crippen LogP contribution in [-0.2, 0) is 20.5 Å². The average molecular weight is 325 g/mol. The lowest BCUT2D eigenvalue weighted by molar-refractivity contribution is -0.145. The molecule has 4 rings (SSSR count). The van der Waals surface area contributed by atoms with E-state index >= 15 is 0 Å². The van der Waals surface area contributed by atoms with Crippen molar-refractivity contribution >= 4 is 17.6 Å². The molecule has 122 valence electrons. The summed E-state index contributed by atoms with van der Waals surface area (Å²) in [5.41, 5.74) is -1.15. The summed E-state index contributed by atoms with van der Waals surface area (Å²) >= 11 is 0. The zero-order valence-electron chi connectivity index (χ0n) is 12.0.